The van der Waals surface area contributed by atoms with Crippen LogP contribution in [0.4, 0.5) is 0 Å². The number of halogens is 3. The number of hydrogen-bond acceptors (Lipinski definition) is 1. The van der Waals surface area contributed by atoms with Crippen LogP contribution < -0.4 is 0 Å². The van der Waals surface area contributed by atoms with Crippen LogP contribution in [-0.2, 0) is 6.42 Å². The van der Waals surface area contributed by atoms with Crippen LogP contribution in [-0.4, -0.2) is 4.98 Å². The van der Waals surface area contributed by atoms with Crippen LogP contribution >= 0.6 is 39.1 Å². The summed E-state index contributed by atoms with van der Waals surface area (Å²) in [6.45, 7) is 3.83. The predicted octanol–water partition coefficient (Wildman–Crippen LogP) is 5.64. The first-order valence-electron chi connectivity index (χ1n) is 5.55. The van der Waals surface area contributed by atoms with Gasteiger partial charge in [0.2, 0.25) is 0 Å². The van der Waals surface area contributed by atoms with Crippen molar-refractivity contribution >= 4 is 50.0 Å². The zero-order chi connectivity index (χ0) is 13.3. The lowest BCUT2D eigenvalue weighted by molar-refractivity contribution is 1.13. The first-order valence-corrected chi connectivity index (χ1v) is 7.10. The molecule has 2 aromatic rings. The lowest BCUT2D eigenvalue weighted by Crippen LogP contribution is -1.95. The maximum Gasteiger partial charge on any atom is 0.0721 e. The molecule has 94 valence electrons. The van der Waals surface area contributed by atoms with Crippen LogP contribution in [0.25, 0.3) is 10.9 Å². The molecule has 0 saturated carbocycles. The molecule has 1 heterocycles. The van der Waals surface area contributed by atoms with Gasteiger partial charge in [0, 0.05) is 20.6 Å². The molecule has 18 heavy (non-hydrogen) atoms. The Morgan fingerprint density at radius 3 is 2.83 bits per heavy atom. The number of fused-ring (bicyclic) bond motifs is 1. The van der Waals surface area contributed by atoms with E-state index in [0.29, 0.717) is 6.42 Å². The van der Waals surface area contributed by atoms with Crippen molar-refractivity contribution in [2.45, 2.75) is 20.3 Å². The van der Waals surface area contributed by atoms with E-state index >= 15 is 0 Å². The molecule has 0 atom stereocenters. The highest BCUT2D eigenvalue weighted by atomic mass is 79.9. The SMILES string of the molecule is C/C(Cl)=C/Cc1c(C)nc2ccc(Br)cc2c1Cl. The summed E-state index contributed by atoms with van der Waals surface area (Å²) in [7, 11) is 0. The lowest BCUT2D eigenvalue weighted by Gasteiger charge is -2.09. The molecule has 0 aliphatic rings. The number of pyridine rings is 1. The molecule has 0 radical (unpaired) electrons. The molecule has 2 rings (SSSR count). The standard InChI is InChI=1S/C14H12BrCl2N/c1-8(16)3-5-11-9(2)18-13-6-4-10(15)7-12(13)14(11)17/h3-4,6-7H,5H2,1-2H3/b8-3-. The summed E-state index contributed by atoms with van der Waals surface area (Å²) in [6.07, 6.45) is 2.65. The predicted molar refractivity (Wildman–Crippen MR) is 82.5 cm³/mol. The molecule has 0 spiro atoms. The van der Waals surface area contributed by atoms with Crippen LogP contribution in [0.2, 0.25) is 5.02 Å². The van der Waals surface area contributed by atoms with E-state index in [-0.39, 0.29) is 0 Å². The second kappa shape index (κ2) is 5.60. The van der Waals surface area contributed by atoms with Crippen LogP contribution in [0, 0.1) is 6.92 Å². The van der Waals surface area contributed by atoms with Crippen LogP contribution in [0.3, 0.4) is 0 Å². The third-order valence-corrected chi connectivity index (χ3v) is 3.85. The molecule has 0 amide bonds. The van der Waals surface area contributed by atoms with Crippen LogP contribution in [0.5, 0.6) is 0 Å². The quantitative estimate of drug-likeness (QED) is 0.686. The molecule has 0 aliphatic carbocycles. The minimum absolute atomic E-state index is 0.704. The summed E-state index contributed by atoms with van der Waals surface area (Å²) in [5, 5.41) is 2.49. The Morgan fingerprint density at radius 2 is 2.17 bits per heavy atom. The fourth-order valence-corrected chi connectivity index (χ4v) is 2.63. The highest BCUT2D eigenvalue weighted by molar-refractivity contribution is 9.10. The second-order valence-electron chi connectivity index (χ2n) is 4.15. The number of aromatic nitrogens is 1. The van der Waals surface area contributed by atoms with Gasteiger partial charge in [0.1, 0.15) is 0 Å². The van der Waals surface area contributed by atoms with Gasteiger partial charge in [0.15, 0.2) is 0 Å². The Hall–Kier alpha value is -0.570. The number of allylic oxidation sites excluding steroid dienone is 2. The third kappa shape index (κ3) is 2.87. The minimum atomic E-state index is 0.704. The van der Waals surface area contributed by atoms with E-state index in [2.05, 4.69) is 20.9 Å². The molecule has 0 fully saturated rings. The van der Waals surface area contributed by atoms with E-state index in [1.165, 1.54) is 0 Å². The third-order valence-electron chi connectivity index (χ3n) is 2.77. The van der Waals surface area contributed by atoms with Crippen molar-refractivity contribution in [2.24, 2.45) is 0 Å². The first kappa shape index (κ1) is 13.9. The molecule has 0 N–H and O–H groups in total. The van der Waals surface area contributed by atoms with E-state index in [4.69, 9.17) is 23.2 Å². The molecular formula is C14H12BrCl2N. The monoisotopic (exact) mass is 343 g/mol. The van der Waals surface area contributed by atoms with Crippen molar-refractivity contribution in [3.8, 4) is 0 Å². The summed E-state index contributed by atoms with van der Waals surface area (Å²) in [5.41, 5.74) is 2.89. The molecule has 4 heteroatoms. The Balaban J connectivity index is 2.63. The fraction of sp³-hybridized carbons (Fsp3) is 0.214. The van der Waals surface area contributed by atoms with Gasteiger partial charge in [-0.2, -0.15) is 0 Å². The maximum atomic E-state index is 6.47. The zero-order valence-electron chi connectivity index (χ0n) is 10.1. The second-order valence-corrected chi connectivity index (χ2v) is 6.04. The first-order chi connectivity index (χ1) is 8.49. The zero-order valence-corrected chi connectivity index (χ0v) is 13.2. The average molecular weight is 345 g/mol. The van der Waals surface area contributed by atoms with Gasteiger partial charge >= 0.3 is 0 Å². The van der Waals surface area contributed by atoms with Crippen LogP contribution in [0.15, 0.2) is 33.8 Å². The molecule has 0 saturated heterocycles. The van der Waals surface area contributed by atoms with Crippen molar-refractivity contribution in [3.05, 3.63) is 50.1 Å². The summed E-state index contributed by atoms with van der Waals surface area (Å²) < 4.78 is 0.998. The number of nitrogens with zero attached hydrogens (tertiary/aromatic N) is 1. The molecule has 0 bridgehead atoms. The van der Waals surface area contributed by atoms with E-state index in [1.54, 1.807) is 0 Å². The molecule has 1 aromatic heterocycles. The van der Waals surface area contributed by atoms with E-state index in [9.17, 15) is 0 Å². The molecule has 1 aromatic carbocycles. The van der Waals surface area contributed by atoms with Gasteiger partial charge in [-0.15, -0.1) is 0 Å². The molecule has 0 aliphatic heterocycles. The van der Waals surface area contributed by atoms with Gasteiger partial charge in [-0.25, -0.2) is 0 Å². The number of rotatable bonds is 2. The van der Waals surface area contributed by atoms with Gasteiger partial charge in [-0.1, -0.05) is 45.2 Å². The topological polar surface area (TPSA) is 12.9 Å². The van der Waals surface area contributed by atoms with E-state index in [1.807, 2.05) is 38.1 Å². The minimum Gasteiger partial charge on any atom is -0.253 e. The van der Waals surface area contributed by atoms with Crippen molar-refractivity contribution in [3.63, 3.8) is 0 Å². The summed E-state index contributed by atoms with van der Waals surface area (Å²) >= 11 is 15.8. The van der Waals surface area contributed by atoms with Crippen molar-refractivity contribution in [1.82, 2.24) is 4.98 Å². The Labute approximate surface area is 125 Å². The Kier molecular flexibility index (Phi) is 4.31. The van der Waals surface area contributed by atoms with E-state index in [0.717, 1.165) is 36.7 Å². The average Bonchev–Trinajstić information content (AvgIpc) is 2.30. The molecular weight excluding hydrogens is 333 g/mol. The summed E-state index contributed by atoms with van der Waals surface area (Å²) in [4.78, 5) is 4.58. The Bertz CT molecular complexity index is 631. The highest BCUT2D eigenvalue weighted by Gasteiger charge is 2.10. The summed E-state index contributed by atoms with van der Waals surface area (Å²) in [5.74, 6) is 0. The lowest BCUT2D eigenvalue weighted by atomic mass is 10.1. The number of aryl methyl sites for hydroxylation is 1. The molecule has 1 nitrogen and oxygen atoms in total. The number of hydrogen-bond donors (Lipinski definition) is 0. The number of benzene rings is 1. The van der Waals surface area contributed by atoms with Gasteiger partial charge < -0.3 is 0 Å². The highest BCUT2D eigenvalue weighted by Crippen LogP contribution is 2.30. The van der Waals surface area contributed by atoms with Crippen LogP contribution in [0.1, 0.15) is 18.2 Å². The maximum absolute atomic E-state index is 6.47. The van der Waals surface area contributed by atoms with E-state index < -0.39 is 0 Å². The van der Waals surface area contributed by atoms with Gasteiger partial charge in [-0.3, -0.25) is 4.98 Å². The van der Waals surface area contributed by atoms with Crippen molar-refractivity contribution < 1.29 is 0 Å². The summed E-state index contributed by atoms with van der Waals surface area (Å²) in [6, 6.07) is 5.92. The van der Waals surface area contributed by atoms with Crippen molar-refractivity contribution in [1.29, 1.82) is 0 Å². The van der Waals surface area contributed by atoms with Gasteiger partial charge in [0.25, 0.3) is 0 Å². The fourth-order valence-electron chi connectivity index (χ4n) is 1.83. The normalized spacial score (nSPS) is 12.2. The largest absolute Gasteiger partial charge is 0.253 e. The Morgan fingerprint density at radius 1 is 1.44 bits per heavy atom. The smallest absolute Gasteiger partial charge is 0.0721 e. The van der Waals surface area contributed by atoms with Gasteiger partial charge in [-0.05, 0) is 44.0 Å². The van der Waals surface area contributed by atoms with Crippen molar-refractivity contribution in [2.75, 3.05) is 0 Å². The van der Waals surface area contributed by atoms with Gasteiger partial charge in [0.05, 0.1) is 10.5 Å². The molecule has 0 unspecified atom stereocenters.